The summed E-state index contributed by atoms with van der Waals surface area (Å²) in [5.74, 6) is -3.07. The van der Waals surface area contributed by atoms with Crippen LogP contribution in [0.5, 0.6) is 0 Å². The SMILES string of the molecule is C1CCOC1.O=P(Cl)(Cl)c1ccccc1. The highest BCUT2D eigenvalue weighted by Crippen LogP contribution is 2.54. The molecule has 0 radical (unpaired) electrons. The molecule has 1 aromatic carbocycles. The van der Waals surface area contributed by atoms with E-state index < -0.39 is 5.85 Å². The van der Waals surface area contributed by atoms with Crippen LogP contribution in [0.15, 0.2) is 30.3 Å². The monoisotopic (exact) mass is 266 g/mol. The Labute approximate surface area is 99.5 Å². The molecule has 0 atom stereocenters. The number of benzene rings is 1. The van der Waals surface area contributed by atoms with Crippen molar-refractivity contribution in [2.75, 3.05) is 13.2 Å². The lowest BCUT2D eigenvalue weighted by Gasteiger charge is -1.98. The van der Waals surface area contributed by atoms with Gasteiger partial charge in [-0.1, -0.05) is 18.2 Å². The van der Waals surface area contributed by atoms with Crippen LogP contribution in [0.1, 0.15) is 12.8 Å². The molecule has 15 heavy (non-hydrogen) atoms. The lowest BCUT2D eigenvalue weighted by Crippen LogP contribution is -1.93. The van der Waals surface area contributed by atoms with Crippen molar-refractivity contribution in [3.8, 4) is 0 Å². The molecule has 0 amide bonds. The largest absolute Gasteiger partial charge is 0.381 e. The van der Waals surface area contributed by atoms with E-state index in [1.165, 1.54) is 12.8 Å². The Morgan fingerprint density at radius 1 is 1.07 bits per heavy atom. The first-order chi connectivity index (χ1) is 7.11. The maximum Gasteiger partial charge on any atom is 0.281 e. The van der Waals surface area contributed by atoms with Gasteiger partial charge in [0.1, 0.15) is 0 Å². The molecule has 1 aliphatic heterocycles. The van der Waals surface area contributed by atoms with Crippen LogP contribution in [0.3, 0.4) is 0 Å². The molecule has 84 valence electrons. The van der Waals surface area contributed by atoms with Gasteiger partial charge in [0.05, 0.1) is 0 Å². The number of halogens is 2. The van der Waals surface area contributed by atoms with Crippen molar-refractivity contribution in [2.45, 2.75) is 12.8 Å². The molecule has 1 fully saturated rings. The van der Waals surface area contributed by atoms with Gasteiger partial charge in [0, 0.05) is 18.5 Å². The normalized spacial score (nSPS) is 15.6. The van der Waals surface area contributed by atoms with E-state index in [-0.39, 0.29) is 0 Å². The van der Waals surface area contributed by atoms with Crippen LogP contribution in [-0.4, -0.2) is 13.2 Å². The van der Waals surface area contributed by atoms with E-state index in [9.17, 15) is 4.57 Å². The van der Waals surface area contributed by atoms with Gasteiger partial charge in [0.25, 0.3) is 5.85 Å². The molecular formula is C10H13Cl2O2P. The third kappa shape index (κ3) is 5.58. The van der Waals surface area contributed by atoms with Gasteiger partial charge < -0.3 is 4.74 Å². The lowest BCUT2D eigenvalue weighted by molar-refractivity contribution is 0.198. The van der Waals surface area contributed by atoms with Crippen molar-refractivity contribution in [3.05, 3.63) is 30.3 Å². The van der Waals surface area contributed by atoms with Crippen LogP contribution in [0.2, 0.25) is 0 Å². The van der Waals surface area contributed by atoms with Crippen LogP contribution in [0, 0.1) is 0 Å². The van der Waals surface area contributed by atoms with Gasteiger partial charge >= 0.3 is 0 Å². The zero-order chi connectivity index (χ0) is 11.1. The maximum atomic E-state index is 10.9. The summed E-state index contributed by atoms with van der Waals surface area (Å²) >= 11 is 10.8. The Hall–Kier alpha value is -0.0100. The number of hydrogen-bond acceptors (Lipinski definition) is 2. The summed E-state index contributed by atoms with van der Waals surface area (Å²) < 4.78 is 15.9. The molecule has 1 aliphatic rings. The molecule has 0 bridgehead atoms. The van der Waals surface area contributed by atoms with Crippen LogP contribution in [0.4, 0.5) is 0 Å². The number of ether oxygens (including phenoxy) is 1. The Morgan fingerprint density at radius 2 is 1.60 bits per heavy atom. The zero-order valence-electron chi connectivity index (χ0n) is 8.23. The average molecular weight is 267 g/mol. The molecule has 1 aromatic rings. The third-order valence-corrected chi connectivity index (χ3v) is 3.95. The molecule has 0 saturated carbocycles. The smallest absolute Gasteiger partial charge is 0.281 e. The summed E-state index contributed by atoms with van der Waals surface area (Å²) in [6.07, 6.45) is 2.56. The standard InChI is InChI=1S/C6H5Cl2OP.C4H8O/c7-10(8,9)6-4-2-1-3-5-6;1-2-4-5-3-1/h1-5H;1-4H2. The summed E-state index contributed by atoms with van der Waals surface area (Å²) in [4.78, 5) is 0. The molecule has 2 rings (SSSR count). The van der Waals surface area contributed by atoms with Crippen molar-refractivity contribution in [2.24, 2.45) is 0 Å². The Kier molecular flexibility index (Phi) is 5.70. The predicted octanol–water partition coefficient (Wildman–Crippen LogP) is 3.78. The predicted molar refractivity (Wildman–Crippen MR) is 65.4 cm³/mol. The molecule has 2 nitrogen and oxygen atoms in total. The van der Waals surface area contributed by atoms with E-state index in [0.717, 1.165) is 13.2 Å². The molecule has 1 heterocycles. The fourth-order valence-corrected chi connectivity index (χ4v) is 2.31. The van der Waals surface area contributed by atoms with Gasteiger partial charge in [-0.2, -0.15) is 0 Å². The van der Waals surface area contributed by atoms with Gasteiger partial charge in [0.2, 0.25) is 0 Å². The quantitative estimate of drug-likeness (QED) is 0.724. The minimum absolute atomic E-state index is 0.485. The fourth-order valence-electron chi connectivity index (χ4n) is 1.11. The van der Waals surface area contributed by atoms with Crippen molar-refractivity contribution in [1.82, 2.24) is 0 Å². The highest BCUT2D eigenvalue weighted by atomic mass is 35.9. The maximum absolute atomic E-state index is 10.9. The second-order valence-corrected chi connectivity index (χ2v) is 7.93. The Morgan fingerprint density at radius 3 is 1.87 bits per heavy atom. The van der Waals surface area contributed by atoms with E-state index in [1.807, 2.05) is 6.07 Å². The van der Waals surface area contributed by atoms with Crippen LogP contribution in [-0.2, 0) is 9.30 Å². The van der Waals surface area contributed by atoms with Crippen LogP contribution >= 0.6 is 28.3 Å². The van der Waals surface area contributed by atoms with Gasteiger partial charge in [-0.05, 0) is 47.5 Å². The van der Waals surface area contributed by atoms with Crippen molar-refractivity contribution in [3.63, 3.8) is 0 Å². The molecule has 0 unspecified atom stereocenters. The van der Waals surface area contributed by atoms with E-state index in [0.29, 0.717) is 5.30 Å². The first-order valence-corrected chi connectivity index (χ1v) is 8.25. The number of hydrogen-bond donors (Lipinski definition) is 0. The summed E-state index contributed by atoms with van der Waals surface area (Å²) in [6, 6.07) is 8.58. The van der Waals surface area contributed by atoms with Gasteiger partial charge in [-0.3, -0.25) is 4.57 Å². The van der Waals surface area contributed by atoms with Crippen molar-refractivity contribution < 1.29 is 9.30 Å². The minimum Gasteiger partial charge on any atom is -0.381 e. The highest BCUT2D eigenvalue weighted by Gasteiger charge is 2.15. The summed E-state index contributed by atoms with van der Waals surface area (Å²) in [7, 11) is 0. The van der Waals surface area contributed by atoms with E-state index in [2.05, 4.69) is 0 Å². The molecule has 1 saturated heterocycles. The van der Waals surface area contributed by atoms with Gasteiger partial charge in [-0.15, -0.1) is 0 Å². The first kappa shape index (κ1) is 13.1. The Balaban J connectivity index is 0.000000187. The second kappa shape index (κ2) is 6.55. The fraction of sp³-hybridized carbons (Fsp3) is 0.400. The molecule has 0 aliphatic carbocycles. The molecule has 0 aromatic heterocycles. The summed E-state index contributed by atoms with van der Waals surface area (Å²) in [5, 5.41) is 0.485. The summed E-state index contributed by atoms with van der Waals surface area (Å²) in [5.41, 5.74) is 0. The molecular weight excluding hydrogens is 254 g/mol. The van der Waals surface area contributed by atoms with E-state index in [4.69, 9.17) is 27.2 Å². The van der Waals surface area contributed by atoms with Crippen molar-refractivity contribution in [1.29, 1.82) is 0 Å². The average Bonchev–Trinajstić information content (AvgIpc) is 2.76. The minimum atomic E-state index is -3.07. The molecule has 0 N–H and O–H groups in total. The van der Waals surface area contributed by atoms with Crippen LogP contribution < -0.4 is 5.30 Å². The zero-order valence-corrected chi connectivity index (χ0v) is 10.6. The van der Waals surface area contributed by atoms with E-state index in [1.54, 1.807) is 24.3 Å². The van der Waals surface area contributed by atoms with Gasteiger partial charge in [0.15, 0.2) is 0 Å². The highest BCUT2D eigenvalue weighted by molar-refractivity contribution is 8.13. The summed E-state index contributed by atoms with van der Waals surface area (Å²) in [6.45, 7) is 2.00. The molecule has 5 heteroatoms. The topological polar surface area (TPSA) is 26.3 Å². The first-order valence-electron chi connectivity index (χ1n) is 4.73. The van der Waals surface area contributed by atoms with Gasteiger partial charge in [-0.25, -0.2) is 0 Å². The second-order valence-electron chi connectivity index (χ2n) is 3.12. The van der Waals surface area contributed by atoms with E-state index >= 15 is 0 Å². The third-order valence-electron chi connectivity index (χ3n) is 1.88. The number of rotatable bonds is 1. The lowest BCUT2D eigenvalue weighted by atomic mass is 10.4. The Bertz CT molecular complexity index is 312. The van der Waals surface area contributed by atoms with Crippen molar-refractivity contribution >= 4 is 33.6 Å². The molecule has 0 spiro atoms. The van der Waals surface area contributed by atoms with Crippen LogP contribution in [0.25, 0.3) is 0 Å².